The number of hydrogen-bond donors (Lipinski definition) is 2. The summed E-state index contributed by atoms with van der Waals surface area (Å²) in [6.45, 7) is 4.48. The summed E-state index contributed by atoms with van der Waals surface area (Å²) in [5.74, 6) is -0.377. The van der Waals surface area contributed by atoms with Crippen LogP contribution in [-0.2, 0) is 14.3 Å². The fourth-order valence-electron chi connectivity index (χ4n) is 2.61. The molecule has 1 amide bonds. The molecule has 7 nitrogen and oxygen atoms in total. The van der Waals surface area contributed by atoms with Crippen molar-refractivity contribution in [2.75, 3.05) is 26.3 Å². The first-order valence-corrected chi connectivity index (χ1v) is 8.89. The minimum absolute atomic E-state index is 0.0391. The Balaban J connectivity index is 1.85. The molecule has 0 bridgehead atoms. The maximum Gasteiger partial charge on any atom is 0.330 e. The summed E-state index contributed by atoms with van der Waals surface area (Å²) in [6, 6.07) is 4.63. The van der Waals surface area contributed by atoms with E-state index in [0.717, 1.165) is 38.4 Å². The number of nitrogens with zero attached hydrogens (tertiary/aromatic N) is 1. The van der Waals surface area contributed by atoms with Gasteiger partial charge in [-0.3, -0.25) is 4.79 Å². The van der Waals surface area contributed by atoms with Gasteiger partial charge in [0.25, 0.3) is 0 Å². The number of benzene rings is 1. The van der Waals surface area contributed by atoms with Crippen LogP contribution < -0.4 is 4.74 Å². The molecule has 146 valence electrons. The van der Waals surface area contributed by atoms with Crippen molar-refractivity contribution in [3.63, 3.8) is 0 Å². The molecule has 1 saturated heterocycles. The van der Waals surface area contributed by atoms with Gasteiger partial charge in [-0.05, 0) is 37.5 Å². The SMILES string of the molecule is C=CC(=O)OCC(O)COc1ccc(/C=C/C(=O)N2CCCCC2)c(O)c1. The Labute approximate surface area is 158 Å². The Hall–Kier alpha value is -2.80. The van der Waals surface area contributed by atoms with Gasteiger partial charge in [-0.15, -0.1) is 0 Å². The van der Waals surface area contributed by atoms with E-state index in [1.807, 2.05) is 0 Å². The molecule has 2 N–H and O–H groups in total. The van der Waals surface area contributed by atoms with E-state index in [2.05, 4.69) is 6.58 Å². The number of phenolic OH excluding ortho intramolecular Hbond substituents is 1. The highest BCUT2D eigenvalue weighted by Crippen LogP contribution is 2.25. The number of aromatic hydroxyl groups is 1. The smallest absolute Gasteiger partial charge is 0.330 e. The summed E-state index contributed by atoms with van der Waals surface area (Å²) in [5, 5.41) is 19.8. The van der Waals surface area contributed by atoms with E-state index in [0.29, 0.717) is 11.3 Å². The lowest BCUT2D eigenvalue weighted by molar-refractivity contribution is -0.141. The van der Waals surface area contributed by atoms with E-state index in [9.17, 15) is 19.8 Å². The molecule has 0 aliphatic carbocycles. The number of amides is 1. The molecule has 0 aromatic heterocycles. The first-order valence-electron chi connectivity index (χ1n) is 8.89. The third-order valence-electron chi connectivity index (χ3n) is 4.10. The second-order valence-corrected chi connectivity index (χ2v) is 6.24. The van der Waals surface area contributed by atoms with Crippen LogP contribution in [0.4, 0.5) is 0 Å². The lowest BCUT2D eigenvalue weighted by Gasteiger charge is -2.25. The van der Waals surface area contributed by atoms with Crippen molar-refractivity contribution in [2.45, 2.75) is 25.4 Å². The molecule has 1 aliphatic rings. The van der Waals surface area contributed by atoms with Gasteiger partial charge in [0.1, 0.15) is 30.8 Å². The number of carbonyl (C=O) groups is 2. The second kappa shape index (κ2) is 10.4. The quantitative estimate of drug-likeness (QED) is 0.532. The first-order chi connectivity index (χ1) is 13.0. The molecule has 1 heterocycles. The minimum Gasteiger partial charge on any atom is -0.507 e. The highest BCUT2D eigenvalue weighted by atomic mass is 16.5. The first kappa shape index (κ1) is 20.5. The summed E-state index contributed by atoms with van der Waals surface area (Å²) in [7, 11) is 0. The maximum atomic E-state index is 12.1. The molecule has 0 saturated carbocycles. The van der Waals surface area contributed by atoms with Crippen LogP contribution in [0.25, 0.3) is 6.08 Å². The average molecular weight is 375 g/mol. The predicted molar refractivity (Wildman–Crippen MR) is 100 cm³/mol. The average Bonchev–Trinajstić information content (AvgIpc) is 2.70. The van der Waals surface area contributed by atoms with Crippen molar-refractivity contribution < 1.29 is 29.3 Å². The van der Waals surface area contributed by atoms with Gasteiger partial charge in [-0.25, -0.2) is 4.79 Å². The summed E-state index contributed by atoms with van der Waals surface area (Å²) in [5.41, 5.74) is 0.494. The third kappa shape index (κ3) is 6.79. The Bertz CT molecular complexity index is 694. The highest BCUT2D eigenvalue weighted by molar-refractivity contribution is 5.92. The Morgan fingerprint density at radius 3 is 2.63 bits per heavy atom. The number of rotatable bonds is 8. The monoisotopic (exact) mass is 375 g/mol. The van der Waals surface area contributed by atoms with Gasteiger partial charge in [0.05, 0.1) is 0 Å². The summed E-state index contributed by atoms with van der Waals surface area (Å²) >= 11 is 0. The molecule has 0 spiro atoms. The maximum absolute atomic E-state index is 12.1. The number of piperidine rings is 1. The van der Waals surface area contributed by atoms with Gasteiger partial charge in [-0.1, -0.05) is 6.58 Å². The molecular formula is C20H25NO6. The third-order valence-corrected chi connectivity index (χ3v) is 4.10. The zero-order valence-corrected chi connectivity index (χ0v) is 15.2. The van der Waals surface area contributed by atoms with Gasteiger partial charge in [0.2, 0.25) is 5.91 Å². The lowest BCUT2D eigenvalue weighted by atomic mass is 10.1. The van der Waals surface area contributed by atoms with E-state index < -0.39 is 12.1 Å². The van der Waals surface area contributed by atoms with Gasteiger partial charge in [0.15, 0.2) is 0 Å². The molecule has 1 fully saturated rings. The molecule has 1 aromatic carbocycles. The van der Waals surface area contributed by atoms with E-state index in [1.165, 1.54) is 12.1 Å². The molecule has 7 heteroatoms. The molecular weight excluding hydrogens is 350 g/mol. The van der Waals surface area contributed by atoms with E-state index in [-0.39, 0.29) is 24.9 Å². The van der Waals surface area contributed by atoms with Crippen molar-refractivity contribution in [1.82, 2.24) is 4.90 Å². The predicted octanol–water partition coefficient (Wildman–Crippen LogP) is 1.89. The largest absolute Gasteiger partial charge is 0.507 e. The van der Waals surface area contributed by atoms with E-state index >= 15 is 0 Å². The number of carbonyl (C=O) groups excluding carboxylic acids is 2. The van der Waals surface area contributed by atoms with Crippen molar-refractivity contribution in [3.05, 3.63) is 42.5 Å². The number of phenols is 1. The van der Waals surface area contributed by atoms with Crippen molar-refractivity contribution in [3.8, 4) is 11.5 Å². The molecule has 2 rings (SSSR count). The zero-order chi connectivity index (χ0) is 19.6. The van der Waals surface area contributed by atoms with Crippen LogP contribution in [0.3, 0.4) is 0 Å². The molecule has 1 unspecified atom stereocenters. The van der Waals surface area contributed by atoms with Crippen molar-refractivity contribution in [2.24, 2.45) is 0 Å². The number of aliphatic hydroxyl groups is 1. The van der Waals surface area contributed by atoms with Crippen LogP contribution in [0.1, 0.15) is 24.8 Å². The minimum atomic E-state index is -1.00. The van der Waals surface area contributed by atoms with Gasteiger partial charge < -0.3 is 24.6 Å². The fourth-order valence-corrected chi connectivity index (χ4v) is 2.61. The summed E-state index contributed by atoms with van der Waals surface area (Å²) < 4.78 is 10.1. The van der Waals surface area contributed by atoms with Crippen LogP contribution in [0.15, 0.2) is 36.9 Å². The summed E-state index contributed by atoms with van der Waals surface area (Å²) in [4.78, 5) is 24.8. The number of likely N-dealkylation sites (tertiary alicyclic amines) is 1. The molecule has 0 radical (unpaired) electrons. The molecule has 27 heavy (non-hydrogen) atoms. The summed E-state index contributed by atoms with van der Waals surface area (Å²) in [6.07, 6.45) is 6.23. The van der Waals surface area contributed by atoms with Gasteiger partial charge in [0, 0.05) is 36.9 Å². The van der Waals surface area contributed by atoms with E-state index in [1.54, 1.807) is 23.1 Å². The molecule has 1 atom stereocenters. The van der Waals surface area contributed by atoms with Crippen LogP contribution >= 0.6 is 0 Å². The van der Waals surface area contributed by atoms with Gasteiger partial charge >= 0.3 is 5.97 Å². The highest BCUT2D eigenvalue weighted by Gasteiger charge is 2.14. The van der Waals surface area contributed by atoms with E-state index in [4.69, 9.17) is 9.47 Å². The topological polar surface area (TPSA) is 96.3 Å². The molecule has 1 aliphatic heterocycles. The number of hydrogen-bond acceptors (Lipinski definition) is 6. The van der Waals surface area contributed by atoms with Crippen LogP contribution in [0.5, 0.6) is 11.5 Å². The number of ether oxygens (including phenoxy) is 2. The lowest BCUT2D eigenvalue weighted by Crippen LogP contribution is -2.34. The second-order valence-electron chi connectivity index (χ2n) is 6.24. The fraction of sp³-hybridized carbons (Fsp3) is 0.400. The van der Waals surface area contributed by atoms with Crippen LogP contribution in [0.2, 0.25) is 0 Å². The number of aliphatic hydroxyl groups excluding tert-OH is 1. The normalized spacial score (nSPS) is 15.4. The Morgan fingerprint density at radius 1 is 1.22 bits per heavy atom. The molecule has 1 aromatic rings. The zero-order valence-electron chi connectivity index (χ0n) is 15.2. The van der Waals surface area contributed by atoms with Crippen molar-refractivity contribution >= 4 is 18.0 Å². The standard InChI is InChI=1S/C20H25NO6/c1-2-20(25)27-14-16(22)13-26-17-8-6-15(18(23)12-17)7-9-19(24)21-10-4-3-5-11-21/h2,6-9,12,16,22-23H,1,3-5,10-11,13-14H2/b9-7+. The Kier molecular flexibility index (Phi) is 7.88. The van der Waals surface area contributed by atoms with Crippen LogP contribution in [0, 0.1) is 0 Å². The van der Waals surface area contributed by atoms with Crippen molar-refractivity contribution in [1.29, 1.82) is 0 Å². The van der Waals surface area contributed by atoms with Gasteiger partial charge in [-0.2, -0.15) is 0 Å². The number of esters is 1. The Morgan fingerprint density at radius 2 is 1.96 bits per heavy atom. The van der Waals surface area contributed by atoms with Crippen LogP contribution in [-0.4, -0.2) is 59.4 Å².